The third-order valence-electron chi connectivity index (χ3n) is 11.6. The molecule has 0 spiro atoms. The molecule has 0 amide bonds. The van der Waals surface area contributed by atoms with Crippen LogP contribution in [-0.4, -0.2) is 9.97 Å². The molecule has 0 aliphatic rings. The van der Waals surface area contributed by atoms with Crippen molar-refractivity contribution in [3.8, 4) is 33.6 Å². The average Bonchev–Trinajstić information content (AvgIpc) is 3.64. The number of rotatable bonds is 6. The van der Waals surface area contributed by atoms with Crippen LogP contribution in [0.1, 0.15) is 122 Å². The van der Waals surface area contributed by atoms with Crippen LogP contribution in [0.15, 0.2) is 126 Å². The van der Waals surface area contributed by atoms with Crippen molar-refractivity contribution in [2.45, 2.75) is 99.2 Å². The van der Waals surface area contributed by atoms with E-state index in [0.717, 1.165) is 60.6 Å². The molecule has 9 rings (SSSR count). The van der Waals surface area contributed by atoms with E-state index in [4.69, 9.17) is 17.6 Å². The van der Waals surface area contributed by atoms with Crippen LogP contribution in [0, 0.1) is 25.8 Å². The van der Waals surface area contributed by atoms with E-state index in [1.54, 1.807) is 12.1 Å². The fourth-order valence-electron chi connectivity index (χ4n) is 8.08. The largest absolute Gasteiger partial charge is 0.501 e. The first-order chi connectivity index (χ1) is 31.1. The third kappa shape index (κ3) is 8.72. The summed E-state index contributed by atoms with van der Waals surface area (Å²) in [7, 11) is 0. The van der Waals surface area contributed by atoms with Gasteiger partial charge < -0.3 is 14.4 Å². The van der Waals surface area contributed by atoms with Gasteiger partial charge in [-0.2, -0.15) is 0 Å². The van der Waals surface area contributed by atoms with Crippen LogP contribution in [0.3, 0.4) is 0 Å². The molecule has 0 saturated heterocycles. The minimum absolute atomic E-state index is 0. The Bertz CT molecular complexity index is 3150. The van der Waals surface area contributed by atoms with Crippen molar-refractivity contribution < 1.29 is 32.7 Å². The van der Waals surface area contributed by atoms with Gasteiger partial charge in [0, 0.05) is 46.1 Å². The Morgan fingerprint density at radius 2 is 1.38 bits per heavy atom. The monoisotopic (exact) mass is 983 g/mol. The normalized spacial score (nSPS) is 13.7. The van der Waals surface area contributed by atoms with E-state index in [1.807, 2.05) is 36.5 Å². The summed E-state index contributed by atoms with van der Waals surface area (Å²) in [6, 6.07) is 42.7. The molecule has 6 aromatic carbocycles. The Balaban J connectivity index is 0.000000267. The molecule has 61 heavy (non-hydrogen) atoms. The number of pyridine rings is 2. The summed E-state index contributed by atoms with van der Waals surface area (Å²) < 4.78 is 54.2. The maximum atomic E-state index is 8.50. The van der Waals surface area contributed by atoms with Crippen molar-refractivity contribution in [1.29, 1.82) is 0 Å². The van der Waals surface area contributed by atoms with Crippen LogP contribution in [0.2, 0.25) is 0 Å². The van der Waals surface area contributed by atoms with E-state index >= 15 is 0 Å². The second-order valence-electron chi connectivity index (χ2n) is 17.9. The third-order valence-corrected chi connectivity index (χ3v) is 11.6. The maximum Gasteiger partial charge on any atom is 0.121 e. The molecule has 311 valence electrons. The molecule has 3 nitrogen and oxygen atoms in total. The van der Waals surface area contributed by atoms with Gasteiger partial charge >= 0.3 is 0 Å². The predicted molar refractivity (Wildman–Crippen MR) is 255 cm³/mol. The van der Waals surface area contributed by atoms with E-state index < -0.39 is 13.7 Å². The van der Waals surface area contributed by atoms with Gasteiger partial charge in [0.2, 0.25) is 0 Å². The summed E-state index contributed by atoms with van der Waals surface area (Å²) in [5, 5.41) is 6.68. The molecule has 0 fully saturated rings. The first kappa shape index (κ1) is 36.3. The summed E-state index contributed by atoms with van der Waals surface area (Å²) in [5.41, 5.74) is 11.5. The molecule has 0 atom stereocenters. The number of fused-ring (bicyclic) bond motifs is 6. The Morgan fingerprint density at radius 1 is 0.639 bits per heavy atom. The first-order valence-electron chi connectivity index (χ1n) is 24.0. The zero-order valence-corrected chi connectivity index (χ0v) is 38.8. The van der Waals surface area contributed by atoms with E-state index in [-0.39, 0.29) is 42.9 Å². The second-order valence-corrected chi connectivity index (χ2v) is 17.9. The zero-order chi connectivity index (χ0) is 47.5. The maximum absolute atomic E-state index is 8.50. The van der Waals surface area contributed by atoms with E-state index in [2.05, 4.69) is 140 Å². The number of benzene rings is 6. The van der Waals surface area contributed by atoms with Crippen LogP contribution >= 0.6 is 0 Å². The van der Waals surface area contributed by atoms with Crippen molar-refractivity contribution in [2.75, 3.05) is 0 Å². The van der Waals surface area contributed by atoms with Crippen molar-refractivity contribution in [1.82, 2.24) is 9.97 Å². The standard InChI is InChI=1S/C41H38NO.C16H18N.Ir/c1-23(2)29-18-33(24(3)4)40(34(19-29)25(5)6)35-20-38(42-22-26(35)7)32-14-10-13-31-37-17-28-16-15-27-11-8-9-12-30(27)36(28)21-39(37)43-41(31)32;1-12-5-7-13(8-6-12)15-10-9-14(11-17-15)16(2,3)4;/h8-13,15-25H,1-7H3;5-7,9-11H,1-4H3;/q2*-1;/i7D3;1D3;. The van der Waals surface area contributed by atoms with Crippen molar-refractivity contribution in [2.24, 2.45) is 0 Å². The molecule has 3 heterocycles. The Hall–Kier alpha value is -5.41. The molecule has 3 aromatic heterocycles. The summed E-state index contributed by atoms with van der Waals surface area (Å²) in [6.45, 7) is 15.1. The molecular formula is C57H56IrN2O-2. The average molecular weight is 983 g/mol. The molecule has 4 heteroatoms. The quantitative estimate of drug-likeness (QED) is 0.123. The van der Waals surface area contributed by atoms with Gasteiger partial charge in [-0.3, -0.25) is 0 Å². The molecule has 0 saturated carbocycles. The predicted octanol–water partition coefficient (Wildman–Crippen LogP) is 16.3. The van der Waals surface area contributed by atoms with Gasteiger partial charge in [0.25, 0.3) is 0 Å². The molecule has 0 aliphatic heterocycles. The topological polar surface area (TPSA) is 38.9 Å². The van der Waals surface area contributed by atoms with Crippen LogP contribution in [0.5, 0.6) is 0 Å². The number of hydrogen-bond donors (Lipinski definition) is 0. The number of aromatic nitrogens is 2. The van der Waals surface area contributed by atoms with E-state index in [1.165, 1.54) is 34.2 Å². The summed E-state index contributed by atoms with van der Waals surface area (Å²) in [4.78, 5) is 9.20. The number of hydrogen-bond acceptors (Lipinski definition) is 3. The number of nitrogens with zero attached hydrogens (tertiary/aromatic N) is 2. The Labute approximate surface area is 384 Å². The van der Waals surface area contributed by atoms with Crippen LogP contribution in [-0.2, 0) is 25.5 Å². The van der Waals surface area contributed by atoms with Crippen LogP contribution < -0.4 is 0 Å². The number of furan rings is 1. The van der Waals surface area contributed by atoms with Gasteiger partial charge in [-0.15, -0.1) is 53.6 Å². The van der Waals surface area contributed by atoms with Crippen LogP contribution in [0.4, 0.5) is 0 Å². The summed E-state index contributed by atoms with van der Waals surface area (Å²) in [5.74, 6) is 0.750. The zero-order valence-electron chi connectivity index (χ0n) is 42.4. The molecule has 9 aromatic rings. The van der Waals surface area contributed by atoms with Gasteiger partial charge in [0.05, 0.1) is 5.58 Å². The van der Waals surface area contributed by atoms with Crippen molar-refractivity contribution in [3.05, 3.63) is 167 Å². The van der Waals surface area contributed by atoms with Gasteiger partial charge in [-0.05, 0) is 114 Å². The number of aryl methyl sites for hydroxylation is 2. The van der Waals surface area contributed by atoms with Gasteiger partial charge in [0.15, 0.2) is 0 Å². The summed E-state index contributed by atoms with van der Waals surface area (Å²) >= 11 is 0. The first-order valence-corrected chi connectivity index (χ1v) is 21.0. The van der Waals surface area contributed by atoms with Crippen molar-refractivity contribution >= 4 is 43.5 Å². The second kappa shape index (κ2) is 17.5. The summed E-state index contributed by atoms with van der Waals surface area (Å²) in [6.07, 6.45) is 3.40. The fraction of sp³-hybridized carbons (Fsp3) is 0.263. The molecule has 0 unspecified atom stereocenters. The van der Waals surface area contributed by atoms with Gasteiger partial charge in [-0.1, -0.05) is 147 Å². The SMILES string of the molecule is [2H]C([2H])([2H])c1c[c-]c(-c2ccc(C(C)(C)C)cn2)cc1.[2H]C([2H])([2H])c1cnc(-c2[c-]ccc3c2oc2cc4c(ccc5ccccc54)cc23)cc1-c1c(C(C)C)cc(C(C)C)cc1C(C)C.[Ir]. The van der Waals surface area contributed by atoms with E-state index in [9.17, 15) is 0 Å². The molecule has 1 radical (unpaired) electrons. The minimum atomic E-state index is -2.34. The molecule has 0 aliphatic carbocycles. The van der Waals surface area contributed by atoms with Crippen LogP contribution in [0.25, 0.3) is 77.1 Å². The van der Waals surface area contributed by atoms with E-state index in [0.29, 0.717) is 28.3 Å². The van der Waals surface area contributed by atoms with Gasteiger partial charge in [0.1, 0.15) is 5.58 Å². The molecule has 0 N–H and O–H groups in total. The Kier molecular flexibility index (Phi) is 10.4. The fourth-order valence-corrected chi connectivity index (χ4v) is 8.08. The molecular weight excluding hydrogens is 921 g/mol. The Morgan fingerprint density at radius 3 is 2.02 bits per heavy atom. The molecule has 0 bridgehead atoms. The van der Waals surface area contributed by atoms with Gasteiger partial charge in [-0.25, -0.2) is 0 Å². The van der Waals surface area contributed by atoms with Crippen molar-refractivity contribution in [3.63, 3.8) is 0 Å². The smallest absolute Gasteiger partial charge is 0.121 e. The minimum Gasteiger partial charge on any atom is -0.501 e.